The monoisotopic (exact) mass is 227 g/mol. The van der Waals surface area contributed by atoms with Crippen LogP contribution in [-0.2, 0) is 4.79 Å². The van der Waals surface area contributed by atoms with Gasteiger partial charge >= 0.3 is 0 Å². The van der Waals surface area contributed by atoms with E-state index in [9.17, 15) is 4.79 Å². The molecule has 4 heteroatoms. The number of rotatable bonds is 4. The van der Waals surface area contributed by atoms with Gasteiger partial charge in [0.25, 0.3) is 0 Å². The van der Waals surface area contributed by atoms with Crippen molar-refractivity contribution in [3.63, 3.8) is 0 Å². The molecule has 1 heterocycles. The van der Waals surface area contributed by atoms with Crippen LogP contribution >= 0.6 is 0 Å². The van der Waals surface area contributed by atoms with Gasteiger partial charge in [-0.25, -0.2) is 0 Å². The molecular weight excluding hydrogens is 202 g/mol. The topological polar surface area (TPSA) is 44.4 Å². The fourth-order valence-electron chi connectivity index (χ4n) is 2.40. The van der Waals surface area contributed by atoms with E-state index in [0.29, 0.717) is 12.0 Å². The van der Waals surface area contributed by atoms with Crippen molar-refractivity contribution in [2.45, 2.75) is 38.8 Å². The maximum Gasteiger partial charge on any atom is 0.237 e. The number of hydrogen-bond acceptors (Lipinski definition) is 3. The zero-order valence-corrected chi connectivity index (χ0v) is 10.9. The van der Waals surface area contributed by atoms with Gasteiger partial charge in [0.15, 0.2) is 0 Å². The molecule has 2 atom stereocenters. The molecule has 1 rings (SSSR count). The molecule has 0 aliphatic carbocycles. The van der Waals surface area contributed by atoms with Gasteiger partial charge in [0.05, 0.1) is 6.04 Å². The molecule has 16 heavy (non-hydrogen) atoms. The summed E-state index contributed by atoms with van der Waals surface area (Å²) in [6.07, 6.45) is 2.25. The van der Waals surface area contributed by atoms with Gasteiger partial charge in [-0.05, 0) is 39.4 Å². The summed E-state index contributed by atoms with van der Waals surface area (Å²) in [4.78, 5) is 14.1. The maximum absolute atomic E-state index is 12.1. The minimum Gasteiger partial charge on any atom is -0.351 e. The van der Waals surface area contributed by atoms with Crippen molar-refractivity contribution < 1.29 is 4.79 Å². The third-order valence-electron chi connectivity index (χ3n) is 3.10. The Morgan fingerprint density at radius 2 is 2.12 bits per heavy atom. The highest BCUT2D eigenvalue weighted by Gasteiger charge is 2.26. The van der Waals surface area contributed by atoms with E-state index >= 15 is 0 Å². The van der Waals surface area contributed by atoms with Gasteiger partial charge < -0.3 is 10.6 Å². The highest BCUT2D eigenvalue weighted by molar-refractivity contribution is 5.82. The van der Waals surface area contributed by atoms with Gasteiger partial charge in [-0.1, -0.05) is 13.8 Å². The lowest BCUT2D eigenvalue weighted by Crippen LogP contribution is -2.53. The van der Waals surface area contributed by atoms with Crippen LogP contribution in [0.4, 0.5) is 0 Å². The van der Waals surface area contributed by atoms with Crippen molar-refractivity contribution in [1.29, 1.82) is 0 Å². The standard InChI is InChI=1S/C12H25N3O/c1-9(2)11(15(3)4)12(16)14-10-6-5-7-13-8-10/h9-11,13H,5-8H2,1-4H3,(H,14,16)/t10-,11-/m0/s1. The lowest BCUT2D eigenvalue weighted by Gasteiger charge is -2.30. The number of piperidine rings is 1. The third-order valence-corrected chi connectivity index (χ3v) is 3.10. The Bertz CT molecular complexity index is 214. The fourth-order valence-corrected chi connectivity index (χ4v) is 2.40. The van der Waals surface area contributed by atoms with Gasteiger partial charge in [-0.15, -0.1) is 0 Å². The first-order valence-corrected chi connectivity index (χ1v) is 6.20. The molecule has 0 bridgehead atoms. The second-order valence-electron chi connectivity index (χ2n) is 5.20. The van der Waals surface area contributed by atoms with Crippen molar-refractivity contribution in [1.82, 2.24) is 15.5 Å². The zero-order chi connectivity index (χ0) is 12.1. The minimum atomic E-state index is -0.0260. The van der Waals surface area contributed by atoms with Crippen LogP contribution in [0.2, 0.25) is 0 Å². The Labute approximate surface area is 98.8 Å². The molecular formula is C12H25N3O. The Balaban J connectivity index is 2.47. The number of likely N-dealkylation sites (N-methyl/N-ethyl adjacent to an activating group) is 1. The molecule has 0 radical (unpaired) electrons. The SMILES string of the molecule is CC(C)[C@@H](C(=O)N[C@H]1CCCNC1)N(C)C. The molecule has 94 valence electrons. The van der Waals surface area contributed by atoms with E-state index in [-0.39, 0.29) is 11.9 Å². The molecule has 0 spiro atoms. The second kappa shape index (κ2) is 6.21. The van der Waals surface area contributed by atoms with E-state index in [2.05, 4.69) is 24.5 Å². The summed E-state index contributed by atoms with van der Waals surface area (Å²) in [7, 11) is 3.92. The zero-order valence-electron chi connectivity index (χ0n) is 10.9. The summed E-state index contributed by atoms with van der Waals surface area (Å²) in [6.45, 7) is 6.16. The predicted octanol–water partition coefficient (Wildman–Crippen LogP) is 0.441. The average Bonchev–Trinajstić information content (AvgIpc) is 2.17. The smallest absolute Gasteiger partial charge is 0.237 e. The summed E-state index contributed by atoms with van der Waals surface area (Å²) >= 11 is 0. The number of nitrogens with one attached hydrogen (secondary N) is 2. The molecule has 0 aromatic carbocycles. The van der Waals surface area contributed by atoms with Crippen molar-refractivity contribution in [2.75, 3.05) is 27.2 Å². The van der Waals surface area contributed by atoms with Crippen molar-refractivity contribution in [3.05, 3.63) is 0 Å². The Hall–Kier alpha value is -0.610. The van der Waals surface area contributed by atoms with Crippen LogP contribution in [-0.4, -0.2) is 50.1 Å². The molecule has 0 aromatic heterocycles. The van der Waals surface area contributed by atoms with E-state index < -0.39 is 0 Å². The molecule has 0 unspecified atom stereocenters. The number of amides is 1. The summed E-state index contributed by atoms with van der Waals surface area (Å²) < 4.78 is 0. The van der Waals surface area contributed by atoms with Crippen LogP contribution in [0, 0.1) is 5.92 Å². The first kappa shape index (κ1) is 13.5. The molecule has 1 aliphatic rings. The third kappa shape index (κ3) is 3.76. The molecule has 1 aliphatic heterocycles. The molecule has 1 amide bonds. The highest BCUT2D eigenvalue weighted by atomic mass is 16.2. The summed E-state index contributed by atoms with van der Waals surface area (Å²) in [5.74, 6) is 0.500. The van der Waals surface area contributed by atoms with Gasteiger partial charge in [0.1, 0.15) is 0 Å². The van der Waals surface area contributed by atoms with Gasteiger partial charge in [-0.2, -0.15) is 0 Å². The molecule has 0 saturated carbocycles. The summed E-state index contributed by atoms with van der Waals surface area (Å²) in [6, 6.07) is 0.282. The normalized spacial score (nSPS) is 23.5. The van der Waals surface area contributed by atoms with E-state index in [1.807, 2.05) is 19.0 Å². The van der Waals surface area contributed by atoms with Crippen molar-refractivity contribution in [2.24, 2.45) is 5.92 Å². The van der Waals surface area contributed by atoms with E-state index in [1.165, 1.54) is 0 Å². The van der Waals surface area contributed by atoms with Crippen LogP contribution in [0.3, 0.4) is 0 Å². The molecule has 4 nitrogen and oxygen atoms in total. The van der Waals surface area contributed by atoms with E-state index in [0.717, 1.165) is 25.9 Å². The largest absolute Gasteiger partial charge is 0.351 e. The molecule has 2 N–H and O–H groups in total. The van der Waals surface area contributed by atoms with Crippen LogP contribution in [0.5, 0.6) is 0 Å². The number of nitrogens with zero attached hydrogens (tertiary/aromatic N) is 1. The Morgan fingerprint density at radius 1 is 1.44 bits per heavy atom. The number of hydrogen-bond donors (Lipinski definition) is 2. The second-order valence-corrected chi connectivity index (χ2v) is 5.20. The van der Waals surface area contributed by atoms with Crippen LogP contribution in [0.25, 0.3) is 0 Å². The van der Waals surface area contributed by atoms with Gasteiger partial charge in [-0.3, -0.25) is 9.69 Å². The highest BCUT2D eigenvalue weighted by Crippen LogP contribution is 2.09. The Morgan fingerprint density at radius 3 is 2.56 bits per heavy atom. The quantitative estimate of drug-likeness (QED) is 0.732. The first-order chi connectivity index (χ1) is 7.52. The molecule has 1 saturated heterocycles. The molecule has 1 fully saturated rings. The van der Waals surface area contributed by atoms with Crippen molar-refractivity contribution in [3.8, 4) is 0 Å². The minimum absolute atomic E-state index is 0.0260. The lowest BCUT2D eigenvalue weighted by atomic mass is 10.0. The number of carbonyl (C=O) groups is 1. The van der Waals surface area contributed by atoms with Crippen LogP contribution < -0.4 is 10.6 Å². The Kier molecular flexibility index (Phi) is 5.22. The summed E-state index contributed by atoms with van der Waals surface area (Å²) in [5, 5.41) is 6.45. The van der Waals surface area contributed by atoms with E-state index in [4.69, 9.17) is 0 Å². The number of carbonyl (C=O) groups excluding carboxylic acids is 1. The average molecular weight is 227 g/mol. The first-order valence-electron chi connectivity index (χ1n) is 6.20. The maximum atomic E-state index is 12.1. The fraction of sp³-hybridized carbons (Fsp3) is 0.917. The predicted molar refractivity (Wildman–Crippen MR) is 66.3 cm³/mol. The van der Waals surface area contributed by atoms with Crippen molar-refractivity contribution >= 4 is 5.91 Å². The van der Waals surface area contributed by atoms with E-state index in [1.54, 1.807) is 0 Å². The summed E-state index contributed by atoms with van der Waals surface area (Å²) in [5.41, 5.74) is 0. The van der Waals surface area contributed by atoms with Crippen LogP contribution in [0.15, 0.2) is 0 Å². The van der Waals surface area contributed by atoms with Gasteiger partial charge in [0.2, 0.25) is 5.91 Å². The van der Waals surface area contributed by atoms with Gasteiger partial charge in [0, 0.05) is 12.6 Å². The van der Waals surface area contributed by atoms with Crippen LogP contribution in [0.1, 0.15) is 26.7 Å². The lowest BCUT2D eigenvalue weighted by molar-refractivity contribution is -0.127. The molecule has 0 aromatic rings.